The van der Waals surface area contributed by atoms with Crippen LogP contribution < -0.4 is 14.2 Å². The SMILES string of the molecule is CC(C)(c1ccc(OCC2CO2)cc1)c1ccc(OCC2CO2)cc1.CCc1ncc(C)[nH]1.O=C1CCc2ccccc2O1. The van der Waals surface area contributed by atoms with Crippen LogP contribution in [0.1, 0.15) is 55.4 Å². The Bertz CT molecular complexity index is 1430. The van der Waals surface area contributed by atoms with E-state index in [0.717, 1.165) is 60.4 Å². The first-order chi connectivity index (χ1) is 21.3. The molecule has 1 aromatic heterocycles. The van der Waals surface area contributed by atoms with Crippen molar-refractivity contribution in [2.75, 3.05) is 26.4 Å². The molecule has 4 aromatic rings. The van der Waals surface area contributed by atoms with E-state index < -0.39 is 0 Å². The van der Waals surface area contributed by atoms with Crippen LogP contribution in [0.4, 0.5) is 0 Å². The van der Waals surface area contributed by atoms with E-state index in [4.69, 9.17) is 23.7 Å². The Balaban J connectivity index is 0.000000165. The largest absolute Gasteiger partial charge is 0.491 e. The van der Waals surface area contributed by atoms with Gasteiger partial charge in [-0.05, 0) is 60.4 Å². The van der Waals surface area contributed by atoms with Gasteiger partial charge in [-0.25, -0.2) is 4.98 Å². The molecule has 2 saturated heterocycles. The number of aromatic nitrogens is 2. The van der Waals surface area contributed by atoms with E-state index in [1.165, 1.54) is 11.1 Å². The van der Waals surface area contributed by atoms with Crippen molar-refractivity contribution in [1.29, 1.82) is 0 Å². The molecule has 3 aliphatic rings. The number of hydrogen-bond donors (Lipinski definition) is 1. The summed E-state index contributed by atoms with van der Waals surface area (Å²) < 4.78 is 26.8. The van der Waals surface area contributed by atoms with Gasteiger partial charge in [0.15, 0.2) is 0 Å². The number of aryl methyl sites for hydroxylation is 3. The minimum Gasteiger partial charge on any atom is -0.491 e. The van der Waals surface area contributed by atoms with Crippen LogP contribution >= 0.6 is 0 Å². The van der Waals surface area contributed by atoms with E-state index in [2.05, 4.69) is 55.0 Å². The molecule has 0 bridgehead atoms. The lowest BCUT2D eigenvalue weighted by Crippen LogP contribution is -2.18. The van der Waals surface area contributed by atoms with Crippen molar-refractivity contribution < 1.29 is 28.5 Å². The van der Waals surface area contributed by atoms with Crippen molar-refractivity contribution in [2.45, 2.75) is 64.6 Å². The third kappa shape index (κ3) is 9.18. The van der Waals surface area contributed by atoms with E-state index in [1.54, 1.807) is 0 Å². The van der Waals surface area contributed by atoms with Crippen molar-refractivity contribution in [2.24, 2.45) is 0 Å². The van der Waals surface area contributed by atoms with Gasteiger partial charge in [-0.3, -0.25) is 4.79 Å². The third-order valence-electron chi connectivity index (χ3n) is 7.71. The van der Waals surface area contributed by atoms with E-state index >= 15 is 0 Å². The Labute approximate surface area is 259 Å². The Kier molecular flexibility index (Phi) is 10.4. The number of nitrogens with zero attached hydrogens (tertiary/aromatic N) is 1. The van der Waals surface area contributed by atoms with Gasteiger partial charge in [0.2, 0.25) is 0 Å². The molecule has 3 aliphatic heterocycles. The van der Waals surface area contributed by atoms with Gasteiger partial charge < -0.3 is 28.7 Å². The second-order valence-electron chi connectivity index (χ2n) is 11.7. The smallest absolute Gasteiger partial charge is 0.311 e. The summed E-state index contributed by atoms with van der Waals surface area (Å²) in [4.78, 5) is 18.0. The Morgan fingerprint density at radius 1 is 0.841 bits per heavy atom. The molecule has 8 heteroatoms. The maximum absolute atomic E-state index is 10.8. The molecule has 0 aliphatic carbocycles. The third-order valence-corrected chi connectivity index (χ3v) is 7.71. The molecule has 1 N–H and O–H groups in total. The van der Waals surface area contributed by atoms with Crippen LogP contribution in [0, 0.1) is 6.92 Å². The lowest BCUT2D eigenvalue weighted by molar-refractivity contribution is -0.135. The van der Waals surface area contributed by atoms with Gasteiger partial charge >= 0.3 is 5.97 Å². The first-order valence-electron chi connectivity index (χ1n) is 15.3. The predicted molar refractivity (Wildman–Crippen MR) is 169 cm³/mol. The zero-order valence-corrected chi connectivity index (χ0v) is 26.0. The van der Waals surface area contributed by atoms with Crippen LogP contribution in [-0.2, 0) is 32.5 Å². The van der Waals surface area contributed by atoms with Crippen LogP contribution in [0.15, 0.2) is 79.0 Å². The molecule has 0 saturated carbocycles. The molecule has 3 aromatic carbocycles. The average Bonchev–Trinajstić information content (AvgIpc) is 3.99. The second kappa shape index (κ2) is 14.6. The number of esters is 1. The maximum Gasteiger partial charge on any atom is 0.311 e. The summed E-state index contributed by atoms with van der Waals surface area (Å²) in [6.07, 6.45) is 4.73. The standard InChI is InChI=1S/C21H24O4.C9H8O2.C6H10N2/c1-21(2,15-3-7-17(8-4-15)22-11-19-13-24-19)16-5-9-18(10-6-16)23-12-20-14-25-20;10-9-6-5-7-3-1-2-4-8(7)11-9;1-3-6-7-4-5(2)8-6/h3-10,19-20H,11-14H2,1-2H3;1-4H,5-6H2;4H,3H2,1-2H3,(H,7,8). The topological polar surface area (TPSA) is 98.5 Å². The zero-order chi connectivity index (χ0) is 30.9. The summed E-state index contributed by atoms with van der Waals surface area (Å²) >= 11 is 0. The highest BCUT2D eigenvalue weighted by Crippen LogP contribution is 2.33. The number of nitrogens with one attached hydrogen (secondary N) is 1. The number of benzene rings is 3. The normalized spacial score (nSPS) is 18.0. The zero-order valence-electron chi connectivity index (χ0n) is 26.0. The molecule has 2 atom stereocenters. The maximum atomic E-state index is 10.8. The predicted octanol–water partition coefficient (Wildman–Crippen LogP) is 6.39. The first kappa shape index (κ1) is 31.3. The molecule has 4 heterocycles. The van der Waals surface area contributed by atoms with Gasteiger partial charge in [-0.15, -0.1) is 0 Å². The fraction of sp³-hybridized carbons (Fsp3) is 0.389. The monoisotopic (exact) mass is 598 g/mol. The van der Waals surface area contributed by atoms with E-state index in [1.807, 2.05) is 61.7 Å². The summed E-state index contributed by atoms with van der Waals surface area (Å²) in [6, 6.07) is 24.3. The van der Waals surface area contributed by atoms with E-state index in [0.29, 0.717) is 19.6 Å². The first-order valence-corrected chi connectivity index (χ1v) is 15.3. The van der Waals surface area contributed by atoms with Gasteiger partial charge in [0.1, 0.15) is 48.5 Å². The van der Waals surface area contributed by atoms with Crippen molar-refractivity contribution in [1.82, 2.24) is 9.97 Å². The molecule has 8 nitrogen and oxygen atoms in total. The van der Waals surface area contributed by atoms with Crippen molar-refractivity contribution in [3.63, 3.8) is 0 Å². The van der Waals surface area contributed by atoms with Crippen LogP contribution in [0.2, 0.25) is 0 Å². The molecular weight excluding hydrogens is 556 g/mol. The van der Waals surface area contributed by atoms with E-state index in [-0.39, 0.29) is 23.6 Å². The van der Waals surface area contributed by atoms with Crippen LogP contribution in [0.3, 0.4) is 0 Å². The van der Waals surface area contributed by atoms with Crippen molar-refractivity contribution in [3.8, 4) is 17.2 Å². The number of para-hydroxylation sites is 1. The molecule has 2 unspecified atom stereocenters. The molecule has 7 rings (SSSR count). The molecule has 2 fully saturated rings. The fourth-order valence-electron chi connectivity index (χ4n) is 4.68. The number of rotatable bonds is 9. The van der Waals surface area contributed by atoms with E-state index in [9.17, 15) is 4.79 Å². The molecule has 0 spiro atoms. The number of carbonyl (C=O) groups excluding carboxylic acids is 1. The number of hydrogen-bond acceptors (Lipinski definition) is 7. The number of H-pyrrole nitrogens is 1. The summed E-state index contributed by atoms with van der Waals surface area (Å²) in [5.41, 5.74) is 4.69. The number of aromatic amines is 1. The molecule has 0 radical (unpaired) electrons. The number of imidazole rings is 1. The minimum absolute atomic E-state index is 0.0870. The lowest BCUT2D eigenvalue weighted by atomic mass is 9.78. The summed E-state index contributed by atoms with van der Waals surface area (Å²) in [7, 11) is 0. The Morgan fingerprint density at radius 2 is 1.39 bits per heavy atom. The minimum atomic E-state index is -0.122. The van der Waals surface area contributed by atoms with Crippen LogP contribution in [0.25, 0.3) is 0 Å². The summed E-state index contributed by atoms with van der Waals surface area (Å²) in [5.74, 6) is 3.46. The number of carbonyl (C=O) groups is 1. The van der Waals surface area contributed by atoms with Gasteiger partial charge in [-0.2, -0.15) is 0 Å². The van der Waals surface area contributed by atoms with Gasteiger partial charge in [0.05, 0.1) is 19.6 Å². The highest BCUT2D eigenvalue weighted by atomic mass is 16.6. The van der Waals surface area contributed by atoms with Crippen molar-refractivity contribution in [3.05, 3.63) is 107 Å². The fourth-order valence-corrected chi connectivity index (χ4v) is 4.68. The summed E-state index contributed by atoms with van der Waals surface area (Å²) in [5, 5.41) is 0. The molecule has 232 valence electrons. The Morgan fingerprint density at radius 3 is 1.84 bits per heavy atom. The average molecular weight is 599 g/mol. The van der Waals surface area contributed by atoms with Crippen LogP contribution in [-0.4, -0.2) is 54.6 Å². The van der Waals surface area contributed by atoms with Crippen LogP contribution in [0.5, 0.6) is 17.2 Å². The number of epoxide rings is 2. The Hall–Kier alpha value is -4.14. The second-order valence-corrected chi connectivity index (χ2v) is 11.7. The molecular formula is C36H42N2O6. The van der Waals surface area contributed by atoms with Gasteiger partial charge in [0, 0.05) is 23.7 Å². The van der Waals surface area contributed by atoms with Gasteiger partial charge in [-0.1, -0.05) is 63.2 Å². The highest BCUT2D eigenvalue weighted by Gasteiger charge is 2.26. The molecule has 0 amide bonds. The lowest BCUT2D eigenvalue weighted by Gasteiger charge is -2.26. The number of ether oxygens (including phenoxy) is 5. The summed E-state index contributed by atoms with van der Waals surface area (Å²) in [6.45, 7) is 11.5. The molecule has 44 heavy (non-hydrogen) atoms. The van der Waals surface area contributed by atoms with Crippen molar-refractivity contribution >= 4 is 5.97 Å². The van der Waals surface area contributed by atoms with Gasteiger partial charge in [0.25, 0.3) is 0 Å². The highest BCUT2D eigenvalue weighted by molar-refractivity contribution is 5.75. The number of fused-ring (bicyclic) bond motifs is 1. The quantitative estimate of drug-likeness (QED) is 0.136.